The Balaban J connectivity index is 1.87. The molecule has 2 rings (SSSR count). The number of rotatable bonds is 8. The molecule has 1 fully saturated rings. The van der Waals surface area contributed by atoms with E-state index >= 15 is 0 Å². The van der Waals surface area contributed by atoms with Crippen LogP contribution in [-0.4, -0.2) is 30.4 Å². The summed E-state index contributed by atoms with van der Waals surface area (Å²) in [7, 11) is 0. The first-order valence-electron chi connectivity index (χ1n) is 8.02. The van der Waals surface area contributed by atoms with Crippen LogP contribution in [0, 0.1) is 0 Å². The largest absolute Gasteiger partial charge is 0.374 e. The van der Waals surface area contributed by atoms with Crippen LogP contribution >= 0.6 is 0 Å². The van der Waals surface area contributed by atoms with E-state index in [1.165, 1.54) is 0 Å². The topological polar surface area (TPSA) is 44.8 Å². The molecule has 4 heteroatoms. The summed E-state index contributed by atoms with van der Waals surface area (Å²) in [5.74, 6) is -0.617. The van der Waals surface area contributed by atoms with Crippen LogP contribution in [0.15, 0.2) is 30.3 Å². The molecule has 4 nitrogen and oxygen atoms in total. The van der Waals surface area contributed by atoms with Gasteiger partial charge in [-0.1, -0.05) is 43.7 Å². The predicted octanol–water partition coefficient (Wildman–Crippen LogP) is 3.48. The number of Topliss-reactive ketones (excluding diaryl/α,β-unsaturated/α-hetero) is 1. The Kier molecular flexibility index (Phi) is 6.12. The summed E-state index contributed by atoms with van der Waals surface area (Å²) in [6.45, 7) is 6.62. The van der Waals surface area contributed by atoms with Crippen molar-refractivity contribution in [2.45, 2.75) is 64.6 Å². The second kappa shape index (κ2) is 7.86. The zero-order valence-electron chi connectivity index (χ0n) is 13.7. The fraction of sp³-hybridized carbons (Fsp3) is 0.611. The number of unbranched alkanes of at least 4 members (excludes halogenated alkanes) is 1. The highest BCUT2D eigenvalue weighted by molar-refractivity contribution is 5.84. The summed E-state index contributed by atoms with van der Waals surface area (Å²) >= 11 is 0. The van der Waals surface area contributed by atoms with E-state index < -0.39 is 11.9 Å². The second-order valence-corrected chi connectivity index (χ2v) is 6.17. The maximum absolute atomic E-state index is 12.3. The molecule has 1 aliphatic heterocycles. The Hall–Kier alpha value is -1.23. The average Bonchev–Trinajstić information content (AvgIpc) is 2.81. The number of hydrogen-bond acceptors (Lipinski definition) is 4. The van der Waals surface area contributed by atoms with Crippen molar-refractivity contribution in [2.75, 3.05) is 6.61 Å². The van der Waals surface area contributed by atoms with Crippen LogP contribution in [0.5, 0.6) is 0 Å². The molecule has 2 atom stereocenters. The third kappa shape index (κ3) is 4.90. The lowest BCUT2D eigenvalue weighted by Gasteiger charge is -2.16. The molecule has 1 aliphatic rings. The molecule has 1 aromatic rings. The van der Waals surface area contributed by atoms with E-state index in [1.807, 2.05) is 44.2 Å². The van der Waals surface area contributed by atoms with Gasteiger partial charge in [0.2, 0.25) is 0 Å². The lowest BCUT2D eigenvalue weighted by molar-refractivity contribution is -0.157. The zero-order chi connectivity index (χ0) is 16.0. The minimum atomic E-state index is -0.729. The van der Waals surface area contributed by atoms with Gasteiger partial charge in [-0.15, -0.1) is 0 Å². The van der Waals surface area contributed by atoms with Crippen LogP contribution in [0.2, 0.25) is 0 Å². The number of hydrogen-bond donors (Lipinski definition) is 0. The fourth-order valence-electron chi connectivity index (χ4n) is 2.59. The van der Waals surface area contributed by atoms with E-state index in [0.717, 1.165) is 18.4 Å². The molecule has 22 heavy (non-hydrogen) atoms. The van der Waals surface area contributed by atoms with Gasteiger partial charge in [0.25, 0.3) is 0 Å². The summed E-state index contributed by atoms with van der Waals surface area (Å²) < 4.78 is 17.3. The van der Waals surface area contributed by atoms with E-state index in [9.17, 15) is 4.79 Å². The van der Waals surface area contributed by atoms with E-state index in [0.29, 0.717) is 19.6 Å². The van der Waals surface area contributed by atoms with Crippen molar-refractivity contribution in [3.8, 4) is 0 Å². The van der Waals surface area contributed by atoms with Crippen LogP contribution in [0.3, 0.4) is 0 Å². The number of carbonyl (C=O) groups is 1. The van der Waals surface area contributed by atoms with Gasteiger partial charge in [-0.05, 0) is 25.8 Å². The van der Waals surface area contributed by atoms with E-state index in [1.54, 1.807) is 0 Å². The molecule has 1 aromatic carbocycles. The van der Waals surface area contributed by atoms with Crippen molar-refractivity contribution in [3.05, 3.63) is 35.9 Å². The van der Waals surface area contributed by atoms with Crippen molar-refractivity contribution < 1.29 is 19.0 Å². The molecule has 1 saturated heterocycles. The van der Waals surface area contributed by atoms with Gasteiger partial charge in [0.1, 0.15) is 12.2 Å². The maximum Gasteiger partial charge on any atom is 0.164 e. The number of ketones is 1. The average molecular weight is 306 g/mol. The summed E-state index contributed by atoms with van der Waals surface area (Å²) in [4.78, 5) is 12.3. The molecule has 1 heterocycles. The minimum Gasteiger partial charge on any atom is -0.374 e. The van der Waals surface area contributed by atoms with E-state index in [-0.39, 0.29) is 11.9 Å². The Labute approximate surface area is 132 Å². The molecule has 0 N–H and O–H groups in total. The third-order valence-corrected chi connectivity index (χ3v) is 3.67. The number of benzene rings is 1. The van der Waals surface area contributed by atoms with Crippen LogP contribution in [0.25, 0.3) is 0 Å². The van der Waals surface area contributed by atoms with Gasteiger partial charge in [-0.3, -0.25) is 4.79 Å². The van der Waals surface area contributed by atoms with E-state index in [4.69, 9.17) is 14.2 Å². The molecule has 0 bridgehead atoms. The first kappa shape index (κ1) is 17.1. The Bertz CT molecular complexity index is 469. The first-order chi connectivity index (χ1) is 10.5. The van der Waals surface area contributed by atoms with Gasteiger partial charge in [0.05, 0.1) is 13.2 Å². The molecular formula is C18H26O4. The van der Waals surface area contributed by atoms with Crippen molar-refractivity contribution in [2.24, 2.45) is 0 Å². The molecule has 0 aromatic heterocycles. The summed E-state index contributed by atoms with van der Waals surface area (Å²) in [6.07, 6.45) is 1.57. The third-order valence-electron chi connectivity index (χ3n) is 3.67. The van der Waals surface area contributed by atoms with Gasteiger partial charge in [-0.25, -0.2) is 0 Å². The van der Waals surface area contributed by atoms with Crippen molar-refractivity contribution >= 4 is 5.78 Å². The second-order valence-electron chi connectivity index (χ2n) is 6.17. The molecule has 122 valence electrons. The lowest BCUT2D eigenvalue weighted by Crippen LogP contribution is -2.34. The Morgan fingerprint density at radius 2 is 1.95 bits per heavy atom. The standard InChI is InChI=1S/C18H26O4/c1-4-5-11-15(19)17-16(21-18(2,3)22-17)13-20-12-14-9-7-6-8-10-14/h6-10,16-17H,4-5,11-13H2,1-3H3/t16-,17-/m1/s1. The molecule has 0 unspecified atom stereocenters. The Morgan fingerprint density at radius 1 is 1.23 bits per heavy atom. The molecule has 0 radical (unpaired) electrons. The van der Waals surface area contributed by atoms with E-state index in [2.05, 4.69) is 6.92 Å². The van der Waals surface area contributed by atoms with Crippen molar-refractivity contribution in [1.82, 2.24) is 0 Å². The fourth-order valence-corrected chi connectivity index (χ4v) is 2.59. The first-order valence-corrected chi connectivity index (χ1v) is 8.02. The molecule has 0 saturated carbocycles. The Morgan fingerprint density at radius 3 is 2.64 bits per heavy atom. The minimum absolute atomic E-state index is 0.112. The van der Waals surface area contributed by atoms with Gasteiger partial charge in [0, 0.05) is 6.42 Å². The zero-order valence-corrected chi connectivity index (χ0v) is 13.7. The smallest absolute Gasteiger partial charge is 0.164 e. The molecule has 0 aliphatic carbocycles. The number of ether oxygens (including phenoxy) is 3. The van der Waals surface area contributed by atoms with Crippen molar-refractivity contribution in [1.29, 1.82) is 0 Å². The predicted molar refractivity (Wildman–Crippen MR) is 84.5 cm³/mol. The molecular weight excluding hydrogens is 280 g/mol. The van der Waals surface area contributed by atoms with Gasteiger partial charge < -0.3 is 14.2 Å². The molecule has 0 amide bonds. The van der Waals surface area contributed by atoms with Gasteiger partial charge >= 0.3 is 0 Å². The van der Waals surface area contributed by atoms with Crippen LogP contribution < -0.4 is 0 Å². The summed E-state index contributed by atoms with van der Waals surface area (Å²) in [5.41, 5.74) is 1.11. The van der Waals surface area contributed by atoms with Crippen LogP contribution in [0.1, 0.15) is 45.6 Å². The monoisotopic (exact) mass is 306 g/mol. The van der Waals surface area contributed by atoms with Crippen LogP contribution in [-0.2, 0) is 25.6 Å². The highest BCUT2D eigenvalue weighted by atomic mass is 16.8. The highest BCUT2D eigenvalue weighted by Crippen LogP contribution is 2.30. The number of carbonyl (C=O) groups excluding carboxylic acids is 1. The maximum atomic E-state index is 12.3. The van der Waals surface area contributed by atoms with Crippen LogP contribution in [0.4, 0.5) is 0 Å². The van der Waals surface area contributed by atoms with Gasteiger partial charge in [-0.2, -0.15) is 0 Å². The quantitative estimate of drug-likeness (QED) is 0.737. The summed E-state index contributed by atoms with van der Waals surface area (Å²) in [6, 6.07) is 9.96. The highest BCUT2D eigenvalue weighted by Gasteiger charge is 2.44. The lowest BCUT2D eigenvalue weighted by atomic mass is 10.1. The molecule has 0 spiro atoms. The van der Waals surface area contributed by atoms with Gasteiger partial charge in [0.15, 0.2) is 11.6 Å². The van der Waals surface area contributed by atoms with Crippen molar-refractivity contribution in [3.63, 3.8) is 0 Å². The summed E-state index contributed by atoms with van der Waals surface area (Å²) in [5, 5.41) is 0. The normalized spacial score (nSPS) is 23.6. The SMILES string of the molecule is CCCCC(=O)[C@H]1OC(C)(C)O[C@@H]1COCc1ccccc1.